The Morgan fingerprint density at radius 2 is 2.38 bits per heavy atom. The summed E-state index contributed by atoms with van der Waals surface area (Å²) < 4.78 is 5.39. The number of ether oxygens (including phenoxy) is 1. The van der Waals surface area contributed by atoms with Crippen LogP contribution in [0.2, 0.25) is 0 Å². The second-order valence-electron chi connectivity index (χ2n) is 5.13. The summed E-state index contributed by atoms with van der Waals surface area (Å²) >= 11 is 0. The molecule has 2 unspecified atom stereocenters. The van der Waals surface area contributed by atoms with Gasteiger partial charge in [0.25, 0.3) is 0 Å². The highest BCUT2D eigenvalue weighted by molar-refractivity contribution is 5.76. The van der Waals surface area contributed by atoms with Crippen LogP contribution in [0.5, 0.6) is 0 Å². The van der Waals surface area contributed by atoms with Gasteiger partial charge in [0.15, 0.2) is 0 Å². The molecule has 1 aliphatic rings. The van der Waals surface area contributed by atoms with Crippen LogP contribution in [0.15, 0.2) is 0 Å². The Labute approximate surface area is 97.9 Å². The van der Waals surface area contributed by atoms with Gasteiger partial charge in [-0.2, -0.15) is 0 Å². The van der Waals surface area contributed by atoms with Gasteiger partial charge in [-0.25, -0.2) is 0 Å². The molecule has 1 rings (SSSR count). The van der Waals surface area contributed by atoms with Gasteiger partial charge in [0.2, 0.25) is 5.91 Å². The molecule has 0 saturated carbocycles. The number of nitrogens with one attached hydrogen (secondary N) is 1. The lowest BCUT2D eigenvalue weighted by atomic mass is 9.94. The van der Waals surface area contributed by atoms with Crippen molar-refractivity contribution in [3.8, 4) is 0 Å². The maximum atomic E-state index is 11.7. The summed E-state index contributed by atoms with van der Waals surface area (Å²) in [5, 5.41) is 3.06. The smallest absolute Gasteiger partial charge is 0.220 e. The van der Waals surface area contributed by atoms with Crippen LogP contribution < -0.4 is 11.1 Å². The van der Waals surface area contributed by atoms with Crippen molar-refractivity contribution in [1.29, 1.82) is 0 Å². The Balaban J connectivity index is 2.22. The summed E-state index contributed by atoms with van der Waals surface area (Å²) in [6, 6.07) is 0.182. The second-order valence-corrected chi connectivity index (χ2v) is 5.13. The highest BCUT2D eigenvalue weighted by Crippen LogP contribution is 2.18. The molecule has 0 spiro atoms. The topological polar surface area (TPSA) is 64.4 Å². The van der Waals surface area contributed by atoms with Gasteiger partial charge in [-0.15, -0.1) is 0 Å². The van der Waals surface area contributed by atoms with Gasteiger partial charge in [-0.05, 0) is 39.5 Å². The first-order chi connectivity index (χ1) is 7.52. The Bertz CT molecular complexity index is 223. The summed E-state index contributed by atoms with van der Waals surface area (Å²) in [4.78, 5) is 11.7. The summed E-state index contributed by atoms with van der Waals surface area (Å²) in [6.45, 7) is 5.46. The molecule has 0 bridgehead atoms. The van der Waals surface area contributed by atoms with Gasteiger partial charge in [-0.3, -0.25) is 4.79 Å². The van der Waals surface area contributed by atoms with Crippen molar-refractivity contribution in [2.24, 2.45) is 5.73 Å². The molecule has 1 fully saturated rings. The fourth-order valence-corrected chi connectivity index (χ4v) is 2.02. The van der Waals surface area contributed by atoms with Crippen LogP contribution in [0, 0.1) is 0 Å². The van der Waals surface area contributed by atoms with Crippen molar-refractivity contribution in [2.45, 2.75) is 57.5 Å². The molecule has 1 aliphatic heterocycles. The molecule has 4 heteroatoms. The van der Waals surface area contributed by atoms with Gasteiger partial charge in [0, 0.05) is 19.1 Å². The number of amides is 1. The zero-order chi connectivity index (χ0) is 12.0. The third-order valence-electron chi connectivity index (χ3n) is 2.94. The van der Waals surface area contributed by atoms with E-state index < -0.39 is 0 Å². The number of carbonyl (C=O) groups is 1. The predicted molar refractivity (Wildman–Crippen MR) is 64.1 cm³/mol. The number of carbonyl (C=O) groups excluding carboxylic acids is 1. The second kappa shape index (κ2) is 6.21. The number of rotatable bonds is 5. The molecular weight excluding hydrogens is 204 g/mol. The maximum absolute atomic E-state index is 11.7. The van der Waals surface area contributed by atoms with Crippen LogP contribution in [-0.4, -0.2) is 30.7 Å². The Hall–Kier alpha value is -0.610. The van der Waals surface area contributed by atoms with E-state index in [9.17, 15) is 4.79 Å². The highest BCUT2D eigenvalue weighted by atomic mass is 16.5. The van der Waals surface area contributed by atoms with Crippen LogP contribution >= 0.6 is 0 Å². The molecule has 2 atom stereocenters. The first-order valence-corrected chi connectivity index (χ1v) is 6.16. The monoisotopic (exact) mass is 228 g/mol. The zero-order valence-electron chi connectivity index (χ0n) is 10.4. The third-order valence-corrected chi connectivity index (χ3v) is 2.94. The minimum Gasteiger partial charge on any atom is -0.379 e. The Morgan fingerprint density at radius 1 is 1.62 bits per heavy atom. The lowest BCUT2D eigenvalue weighted by molar-refractivity contribution is -0.124. The van der Waals surface area contributed by atoms with E-state index >= 15 is 0 Å². The first-order valence-electron chi connectivity index (χ1n) is 6.16. The summed E-state index contributed by atoms with van der Waals surface area (Å²) in [5.41, 5.74) is 5.47. The largest absolute Gasteiger partial charge is 0.379 e. The number of hydrogen-bond donors (Lipinski definition) is 2. The van der Waals surface area contributed by atoms with E-state index in [-0.39, 0.29) is 17.5 Å². The van der Waals surface area contributed by atoms with Gasteiger partial charge in [-0.1, -0.05) is 0 Å². The molecule has 0 radical (unpaired) electrons. The van der Waals surface area contributed by atoms with E-state index in [0.29, 0.717) is 13.0 Å². The van der Waals surface area contributed by atoms with E-state index in [1.165, 1.54) is 0 Å². The molecule has 1 amide bonds. The Morgan fingerprint density at radius 3 is 2.94 bits per heavy atom. The van der Waals surface area contributed by atoms with E-state index in [1.807, 2.05) is 6.92 Å². The van der Waals surface area contributed by atoms with Crippen molar-refractivity contribution in [3.05, 3.63) is 0 Å². The van der Waals surface area contributed by atoms with Crippen LogP contribution in [-0.2, 0) is 9.53 Å². The molecule has 1 heterocycles. The van der Waals surface area contributed by atoms with Crippen LogP contribution in [0.25, 0.3) is 0 Å². The van der Waals surface area contributed by atoms with E-state index in [4.69, 9.17) is 10.5 Å². The van der Waals surface area contributed by atoms with Gasteiger partial charge in [0.1, 0.15) is 0 Å². The van der Waals surface area contributed by atoms with Crippen molar-refractivity contribution in [3.63, 3.8) is 0 Å². The SMILES string of the molecule is CC(N)CCCC(=O)NC1(C)CCCOC1. The van der Waals surface area contributed by atoms with Crippen LogP contribution in [0.3, 0.4) is 0 Å². The quantitative estimate of drug-likeness (QED) is 0.743. The van der Waals surface area contributed by atoms with Crippen molar-refractivity contribution in [1.82, 2.24) is 5.32 Å². The lowest BCUT2D eigenvalue weighted by Crippen LogP contribution is -2.51. The molecule has 0 aliphatic carbocycles. The van der Waals surface area contributed by atoms with E-state index in [2.05, 4.69) is 12.2 Å². The molecule has 0 aromatic heterocycles. The molecule has 0 aromatic rings. The average molecular weight is 228 g/mol. The summed E-state index contributed by atoms with van der Waals surface area (Å²) in [7, 11) is 0. The molecular formula is C12H24N2O2. The minimum atomic E-state index is -0.163. The molecule has 3 N–H and O–H groups in total. The predicted octanol–water partition coefficient (Wildman–Crippen LogP) is 1.19. The first kappa shape index (κ1) is 13.5. The van der Waals surface area contributed by atoms with E-state index in [0.717, 1.165) is 32.3 Å². The summed E-state index contributed by atoms with van der Waals surface area (Å²) in [6.07, 6.45) is 4.36. The fraction of sp³-hybridized carbons (Fsp3) is 0.917. The van der Waals surface area contributed by atoms with Crippen LogP contribution in [0.1, 0.15) is 46.0 Å². The number of hydrogen-bond acceptors (Lipinski definition) is 3. The summed E-state index contributed by atoms with van der Waals surface area (Å²) in [5.74, 6) is 0.119. The van der Waals surface area contributed by atoms with Gasteiger partial charge < -0.3 is 15.8 Å². The van der Waals surface area contributed by atoms with Crippen molar-refractivity contribution in [2.75, 3.05) is 13.2 Å². The number of nitrogens with two attached hydrogens (primary N) is 1. The third kappa shape index (κ3) is 4.94. The molecule has 94 valence electrons. The van der Waals surface area contributed by atoms with Gasteiger partial charge >= 0.3 is 0 Å². The van der Waals surface area contributed by atoms with Crippen molar-refractivity contribution >= 4 is 5.91 Å². The molecule has 1 saturated heterocycles. The minimum absolute atomic E-state index is 0.119. The van der Waals surface area contributed by atoms with Crippen molar-refractivity contribution < 1.29 is 9.53 Å². The lowest BCUT2D eigenvalue weighted by Gasteiger charge is -2.34. The maximum Gasteiger partial charge on any atom is 0.220 e. The average Bonchev–Trinajstić information content (AvgIpc) is 2.17. The van der Waals surface area contributed by atoms with Gasteiger partial charge in [0.05, 0.1) is 12.1 Å². The molecule has 0 aromatic carbocycles. The fourth-order valence-electron chi connectivity index (χ4n) is 2.02. The van der Waals surface area contributed by atoms with E-state index in [1.54, 1.807) is 0 Å². The molecule has 4 nitrogen and oxygen atoms in total. The van der Waals surface area contributed by atoms with Crippen LogP contribution in [0.4, 0.5) is 0 Å². The highest BCUT2D eigenvalue weighted by Gasteiger charge is 2.28. The molecule has 16 heavy (non-hydrogen) atoms. The normalized spacial score (nSPS) is 27.4. The Kier molecular flexibility index (Phi) is 5.22. The standard InChI is InChI=1S/C12H24N2O2/c1-10(13)5-3-6-11(15)14-12(2)7-4-8-16-9-12/h10H,3-9,13H2,1-2H3,(H,14,15). The zero-order valence-corrected chi connectivity index (χ0v) is 10.4.